The molecule has 0 unspecified atom stereocenters. The number of amides is 1. The zero-order chi connectivity index (χ0) is 22.0. The van der Waals surface area contributed by atoms with Crippen LogP contribution in [0.15, 0.2) is 47.6 Å². The molecule has 0 radical (unpaired) electrons. The molecule has 1 amide bonds. The molecule has 2 aromatic rings. The van der Waals surface area contributed by atoms with Crippen molar-refractivity contribution in [1.29, 1.82) is 0 Å². The molecule has 0 aromatic heterocycles. The second kappa shape index (κ2) is 8.79. The van der Waals surface area contributed by atoms with E-state index in [9.17, 15) is 14.7 Å². The van der Waals surface area contributed by atoms with Gasteiger partial charge in [0.05, 0.1) is 32.0 Å². The molecular formula is C24H26N2O5. The summed E-state index contributed by atoms with van der Waals surface area (Å²) in [5.74, 6) is 0.232. The van der Waals surface area contributed by atoms with Crippen molar-refractivity contribution >= 4 is 17.6 Å². The van der Waals surface area contributed by atoms with Gasteiger partial charge in [0.25, 0.3) is 0 Å². The Hall–Kier alpha value is -3.35. The van der Waals surface area contributed by atoms with Crippen molar-refractivity contribution < 1.29 is 24.2 Å². The molecule has 1 aliphatic carbocycles. The van der Waals surface area contributed by atoms with Crippen molar-refractivity contribution in [3.63, 3.8) is 0 Å². The van der Waals surface area contributed by atoms with Crippen LogP contribution in [0.25, 0.3) is 0 Å². The minimum absolute atomic E-state index is 0.00894. The molecule has 0 spiro atoms. The van der Waals surface area contributed by atoms with E-state index in [0.717, 1.165) is 42.5 Å². The minimum Gasteiger partial charge on any atom is -0.493 e. The highest BCUT2D eigenvalue weighted by molar-refractivity contribution is 6.07. The molecule has 0 bridgehead atoms. The number of benzene rings is 2. The quantitative estimate of drug-likeness (QED) is 0.761. The van der Waals surface area contributed by atoms with Gasteiger partial charge in [0.2, 0.25) is 5.91 Å². The lowest BCUT2D eigenvalue weighted by molar-refractivity contribution is -0.139. The van der Waals surface area contributed by atoms with E-state index < -0.39 is 5.97 Å². The molecule has 31 heavy (non-hydrogen) atoms. The van der Waals surface area contributed by atoms with Gasteiger partial charge in [-0.3, -0.25) is 4.79 Å². The Balaban J connectivity index is 1.73. The number of hydrazone groups is 1. The number of nitrogens with zero attached hydrogens (tertiary/aromatic N) is 2. The highest BCUT2D eigenvalue weighted by Crippen LogP contribution is 2.39. The van der Waals surface area contributed by atoms with Crippen LogP contribution in [0.5, 0.6) is 11.5 Å². The molecule has 1 N–H and O–H groups in total. The summed E-state index contributed by atoms with van der Waals surface area (Å²) >= 11 is 0. The number of carboxylic acid groups (broad SMARTS) is 1. The van der Waals surface area contributed by atoms with E-state index in [2.05, 4.69) is 0 Å². The van der Waals surface area contributed by atoms with Crippen LogP contribution >= 0.6 is 0 Å². The number of carbonyl (C=O) groups excluding carboxylic acids is 1. The Labute approximate surface area is 181 Å². The highest BCUT2D eigenvalue weighted by Gasteiger charge is 2.41. The van der Waals surface area contributed by atoms with Crippen LogP contribution in [0.3, 0.4) is 0 Å². The Bertz CT molecular complexity index is 1030. The van der Waals surface area contributed by atoms with Gasteiger partial charge in [0.15, 0.2) is 11.5 Å². The molecule has 0 saturated heterocycles. The number of aromatic carboxylic acids is 1. The molecule has 2 aliphatic rings. The van der Waals surface area contributed by atoms with Gasteiger partial charge >= 0.3 is 5.97 Å². The number of rotatable bonds is 6. The number of carbonyl (C=O) groups is 2. The van der Waals surface area contributed by atoms with Crippen molar-refractivity contribution in [2.75, 3.05) is 14.2 Å². The van der Waals surface area contributed by atoms with E-state index in [1.807, 2.05) is 24.3 Å². The van der Waals surface area contributed by atoms with E-state index in [0.29, 0.717) is 11.5 Å². The van der Waals surface area contributed by atoms with Gasteiger partial charge in [0.1, 0.15) is 0 Å². The molecule has 2 aromatic carbocycles. The minimum atomic E-state index is -0.992. The summed E-state index contributed by atoms with van der Waals surface area (Å²) in [4.78, 5) is 24.6. The first kappa shape index (κ1) is 20.9. The Morgan fingerprint density at radius 3 is 2.52 bits per heavy atom. The topological polar surface area (TPSA) is 88.4 Å². The summed E-state index contributed by atoms with van der Waals surface area (Å²) in [6.45, 7) is 0.236. The number of fused-ring (bicyclic) bond motifs is 1. The van der Waals surface area contributed by atoms with E-state index in [4.69, 9.17) is 14.6 Å². The number of ether oxygens (including phenoxy) is 2. The maximum atomic E-state index is 13.2. The van der Waals surface area contributed by atoms with Gasteiger partial charge in [-0.1, -0.05) is 25.0 Å². The first-order valence-corrected chi connectivity index (χ1v) is 10.5. The van der Waals surface area contributed by atoms with Gasteiger partial charge in [-0.2, -0.15) is 5.10 Å². The Morgan fingerprint density at radius 1 is 1.06 bits per heavy atom. The van der Waals surface area contributed by atoms with Crippen LogP contribution in [-0.2, 0) is 11.3 Å². The van der Waals surface area contributed by atoms with Crippen LogP contribution in [0.1, 0.15) is 47.2 Å². The smallest absolute Gasteiger partial charge is 0.335 e. The lowest BCUT2D eigenvalue weighted by Crippen LogP contribution is -2.45. The lowest BCUT2D eigenvalue weighted by atomic mass is 9.73. The van der Waals surface area contributed by atoms with Crippen molar-refractivity contribution in [2.45, 2.75) is 32.2 Å². The van der Waals surface area contributed by atoms with Crippen LogP contribution in [0.2, 0.25) is 0 Å². The molecule has 1 heterocycles. The lowest BCUT2D eigenvalue weighted by Gasteiger charge is -2.38. The maximum Gasteiger partial charge on any atom is 0.335 e. The van der Waals surface area contributed by atoms with E-state index in [-0.39, 0.29) is 29.9 Å². The maximum absolute atomic E-state index is 13.2. The molecule has 2 atom stereocenters. The summed E-state index contributed by atoms with van der Waals surface area (Å²) in [5, 5.41) is 15.5. The third-order valence-corrected chi connectivity index (χ3v) is 6.10. The normalized spacial score (nSPS) is 20.6. The zero-order valence-electron chi connectivity index (χ0n) is 17.7. The van der Waals surface area contributed by atoms with Gasteiger partial charge < -0.3 is 14.6 Å². The first-order chi connectivity index (χ1) is 15.0. The molecule has 4 rings (SSSR count). The summed E-state index contributed by atoms with van der Waals surface area (Å²) in [7, 11) is 3.19. The number of hydrogen-bond donors (Lipinski definition) is 1. The second-order valence-corrected chi connectivity index (χ2v) is 7.95. The summed E-state index contributed by atoms with van der Waals surface area (Å²) in [5.41, 5.74) is 2.71. The summed E-state index contributed by atoms with van der Waals surface area (Å²) < 4.78 is 10.8. The number of carboxylic acids is 1. The summed E-state index contributed by atoms with van der Waals surface area (Å²) in [6.07, 6.45) is 3.85. The third-order valence-electron chi connectivity index (χ3n) is 6.10. The average Bonchev–Trinajstić information content (AvgIpc) is 2.80. The fraction of sp³-hybridized carbons (Fsp3) is 0.375. The standard InChI is InChI=1S/C24H26N2O5/c1-30-20-11-10-16(13-21(20)31-2)22-18-8-3-4-9-19(18)23(27)26(25-22)14-15-6-5-7-17(12-15)24(28)29/h5-7,10-13,18-19H,3-4,8-9,14H2,1-2H3,(H,28,29)/t18-,19+/m0/s1. The largest absolute Gasteiger partial charge is 0.493 e. The molecule has 7 nitrogen and oxygen atoms in total. The van der Waals surface area contributed by atoms with E-state index in [1.54, 1.807) is 32.4 Å². The first-order valence-electron chi connectivity index (χ1n) is 10.5. The van der Waals surface area contributed by atoms with Crippen LogP contribution in [-0.4, -0.2) is 41.9 Å². The van der Waals surface area contributed by atoms with Crippen LogP contribution in [0.4, 0.5) is 0 Å². The van der Waals surface area contributed by atoms with Gasteiger partial charge in [-0.25, -0.2) is 9.80 Å². The van der Waals surface area contributed by atoms with Gasteiger partial charge in [-0.15, -0.1) is 0 Å². The molecule has 1 saturated carbocycles. The monoisotopic (exact) mass is 422 g/mol. The van der Waals surface area contributed by atoms with Gasteiger partial charge in [-0.05, 0) is 48.7 Å². The Kier molecular flexibility index (Phi) is 5.93. The fourth-order valence-electron chi connectivity index (χ4n) is 4.55. The van der Waals surface area contributed by atoms with Crippen molar-refractivity contribution in [1.82, 2.24) is 5.01 Å². The average molecular weight is 422 g/mol. The zero-order valence-corrected chi connectivity index (χ0v) is 17.7. The van der Waals surface area contributed by atoms with Crippen molar-refractivity contribution in [2.24, 2.45) is 16.9 Å². The second-order valence-electron chi connectivity index (χ2n) is 7.95. The summed E-state index contributed by atoms with van der Waals surface area (Å²) in [6, 6.07) is 12.3. The van der Waals surface area contributed by atoms with Crippen LogP contribution < -0.4 is 9.47 Å². The third kappa shape index (κ3) is 4.13. The number of hydrogen-bond acceptors (Lipinski definition) is 5. The molecule has 1 aliphatic heterocycles. The van der Waals surface area contributed by atoms with E-state index >= 15 is 0 Å². The fourth-order valence-corrected chi connectivity index (χ4v) is 4.55. The predicted molar refractivity (Wildman–Crippen MR) is 115 cm³/mol. The molecular weight excluding hydrogens is 396 g/mol. The van der Waals surface area contributed by atoms with Gasteiger partial charge in [0, 0.05) is 17.4 Å². The Morgan fingerprint density at radius 2 is 1.81 bits per heavy atom. The van der Waals surface area contributed by atoms with Crippen molar-refractivity contribution in [3.05, 3.63) is 59.2 Å². The van der Waals surface area contributed by atoms with Crippen LogP contribution in [0, 0.1) is 11.8 Å². The number of methoxy groups -OCH3 is 2. The predicted octanol–water partition coefficient (Wildman–Crippen LogP) is 3.95. The van der Waals surface area contributed by atoms with E-state index in [1.165, 1.54) is 5.01 Å². The molecule has 1 fully saturated rings. The highest BCUT2D eigenvalue weighted by atomic mass is 16.5. The molecule has 162 valence electrons. The SMILES string of the molecule is COc1ccc(C2=NN(Cc3cccc(C(=O)O)c3)C(=O)[C@@H]3CCCC[C@H]23)cc1OC. The van der Waals surface area contributed by atoms with Crippen molar-refractivity contribution in [3.8, 4) is 11.5 Å². The molecule has 7 heteroatoms.